The van der Waals surface area contributed by atoms with Crippen molar-refractivity contribution in [3.05, 3.63) is 42.4 Å². The van der Waals surface area contributed by atoms with Crippen LogP contribution in [0.1, 0.15) is 19.8 Å². The third kappa shape index (κ3) is 5.54. The molecule has 36 heavy (non-hydrogen) atoms. The van der Waals surface area contributed by atoms with E-state index in [-0.39, 0.29) is 12.3 Å². The van der Waals surface area contributed by atoms with Crippen LogP contribution >= 0.6 is 0 Å². The number of aromatic nitrogens is 5. The minimum absolute atomic E-state index is 0.0848. The number of ether oxygens (including phenoxy) is 1. The Hall–Kier alpha value is -2.59. The van der Waals surface area contributed by atoms with E-state index in [9.17, 15) is 8.42 Å². The van der Waals surface area contributed by atoms with Crippen LogP contribution in [-0.2, 0) is 27.0 Å². The van der Waals surface area contributed by atoms with Gasteiger partial charge in [-0.3, -0.25) is 4.68 Å². The Morgan fingerprint density at radius 3 is 2.64 bits per heavy atom. The van der Waals surface area contributed by atoms with Crippen LogP contribution in [0.15, 0.2) is 31.0 Å². The van der Waals surface area contributed by atoms with Gasteiger partial charge in [0.15, 0.2) is 0 Å². The molecule has 1 aliphatic heterocycles. The molecule has 4 rings (SSSR count). The molecule has 0 amide bonds. The molecule has 0 aromatic carbocycles. The highest BCUT2D eigenvalue weighted by molar-refractivity contribution is 7.89. The van der Waals surface area contributed by atoms with Crippen LogP contribution in [0.5, 0.6) is 0 Å². The second kappa shape index (κ2) is 10.4. The smallest absolute Gasteiger partial charge is 0.239 e. The lowest BCUT2D eigenvalue weighted by Gasteiger charge is -2.38. The zero-order valence-electron chi connectivity index (χ0n) is 21.5. The number of hydrogen-bond acceptors (Lipinski definition) is 6. The van der Waals surface area contributed by atoms with Gasteiger partial charge in [-0.2, -0.15) is 5.10 Å². The Bertz CT molecular complexity index is 1350. The molecule has 194 valence electrons. The molecule has 0 bridgehead atoms. The second-order valence-corrected chi connectivity index (χ2v) is 18.5. The van der Waals surface area contributed by atoms with Gasteiger partial charge in [-0.25, -0.2) is 29.3 Å². The first-order valence-electron chi connectivity index (χ1n) is 12.3. The lowest BCUT2D eigenvalue weighted by Crippen LogP contribution is -2.50. The molecule has 0 radical (unpaired) electrons. The van der Waals surface area contributed by atoms with Crippen molar-refractivity contribution in [1.82, 2.24) is 28.6 Å². The van der Waals surface area contributed by atoms with E-state index in [0.717, 1.165) is 34.9 Å². The fourth-order valence-corrected chi connectivity index (χ4v) is 6.41. The summed E-state index contributed by atoms with van der Waals surface area (Å²) in [5.41, 5.74) is 1.88. The van der Waals surface area contributed by atoms with Crippen molar-refractivity contribution >= 4 is 29.1 Å². The number of sulfonamides is 1. The Labute approximate surface area is 214 Å². The number of piperidine rings is 1. The van der Waals surface area contributed by atoms with E-state index in [1.54, 1.807) is 19.4 Å². The molecule has 0 saturated carbocycles. The number of hydrogen-bond donors (Lipinski definition) is 0. The van der Waals surface area contributed by atoms with Crippen molar-refractivity contribution in [3.63, 3.8) is 0 Å². The monoisotopic (exact) mass is 529 g/mol. The van der Waals surface area contributed by atoms with Gasteiger partial charge in [-0.1, -0.05) is 19.6 Å². The van der Waals surface area contributed by atoms with E-state index in [1.165, 1.54) is 4.31 Å². The van der Waals surface area contributed by atoms with Crippen LogP contribution in [0, 0.1) is 6.57 Å². The third-order valence-electron chi connectivity index (χ3n) is 6.91. The van der Waals surface area contributed by atoms with Crippen molar-refractivity contribution in [2.45, 2.75) is 57.7 Å². The molecule has 1 aliphatic rings. The van der Waals surface area contributed by atoms with E-state index >= 15 is 0 Å². The molecule has 3 aromatic rings. The molecule has 12 heteroatoms. The topological polar surface area (TPSA) is 99.5 Å². The quantitative estimate of drug-likeness (QED) is 0.226. The summed E-state index contributed by atoms with van der Waals surface area (Å²) >= 11 is 0. The maximum atomic E-state index is 12.3. The molecule has 4 heterocycles. The molecule has 3 aromatic heterocycles. The minimum Gasteiger partial charge on any atom is -0.361 e. The normalized spacial score (nSPS) is 16.9. The Morgan fingerprint density at radius 1 is 1.22 bits per heavy atom. The largest absolute Gasteiger partial charge is 0.361 e. The summed E-state index contributed by atoms with van der Waals surface area (Å²) in [7, 11) is -4.39. The molecule has 0 spiro atoms. The van der Waals surface area contributed by atoms with E-state index in [4.69, 9.17) is 11.3 Å². The van der Waals surface area contributed by atoms with Crippen LogP contribution in [0.3, 0.4) is 0 Å². The lowest BCUT2D eigenvalue weighted by molar-refractivity contribution is 0.0899. The van der Waals surface area contributed by atoms with Gasteiger partial charge in [-0.15, -0.1) is 0 Å². The summed E-state index contributed by atoms with van der Waals surface area (Å²) in [6.45, 7) is 18.4. The van der Waals surface area contributed by atoms with Crippen molar-refractivity contribution in [1.29, 1.82) is 0 Å². The predicted molar refractivity (Wildman–Crippen MR) is 143 cm³/mol. The van der Waals surface area contributed by atoms with Crippen LogP contribution in [0.25, 0.3) is 27.1 Å². The number of fused-ring (bicyclic) bond motifs is 1. The Morgan fingerprint density at radius 2 is 1.97 bits per heavy atom. The van der Waals surface area contributed by atoms with E-state index in [0.29, 0.717) is 32.7 Å². The zero-order valence-corrected chi connectivity index (χ0v) is 23.3. The molecule has 0 atom stereocenters. The summed E-state index contributed by atoms with van der Waals surface area (Å²) in [5, 5.41) is 5.54. The standard InChI is InChI=1S/C24H35N7O3SSi/c1-6-35(32,33)30-11-8-24(9-12-30,17-25-2)31-16-20(15-28-31)22-21-7-10-29(23(21)27-18-26-22)19-34-13-14-36(3,4)5/h7,10,15-16,18H,6,8-9,11-14,17,19H2,1,3-5H3. The highest BCUT2D eigenvalue weighted by Crippen LogP contribution is 2.34. The van der Waals surface area contributed by atoms with Gasteiger partial charge in [0.1, 0.15) is 24.2 Å². The van der Waals surface area contributed by atoms with Crippen LogP contribution < -0.4 is 0 Å². The van der Waals surface area contributed by atoms with Gasteiger partial charge >= 0.3 is 0 Å². The van der Waals surface area contributed by atoms with Crippen LogP contribution in [0.4, 0.5) is 0 Å². The van der Waals surface area contributed by atoms with Gasteiger partial charge in [0.25, 0.3) is 0 Å². The first-order valence-corrected chi connectivity index (χ1v) is 17.6. The van der Waals surface area contributed by atoms with Gasteiger partial charge in [0.2, 0.25) is 16.6 Å². The predicted octanol–water partition coefficient (Wildman–Crippen LogP) is 3.67. The summed E-state index contributed by atoms with van der Waals surface area (Å²) in [4.78, 5) is 12.7. The first kappa shape index (κ1) is 26.5. The zero-order chi connectivity index (χ0) is 26.0. The fraction of sp³-hybridized carbons (Fsp3) is 0.583. The second-order valence-electron chi connectivity index (χ2n) is 10.6. The van der Waals surface area contributed by atoms with Gasteiger partial charge < -0.3 is 14.1 Å². The summed E-state index contributed by atoms with van der Waals surface area (Å²) in [5.74, 6) is 0.0848. The summed E-state index contributed by atoms with van der Waals surface area (Å²) in [6, 6.07) is 3.10. The SMILES string of the molecule is [C-]#[N+]CC1(n2cc(-c3ncnc4c3ccn4COCC[Si](C)(C)C)cn2)CCN(S(=O)(=O)CC)CC1. The highest BCUT2D eigenvalue weighted by atomic mass is 32.2. The number of nitrogens with zero attached hydrogens (tertiary/aromatic N) is 7. The highest BCUT2D eigenvalue weighted by Gasteiger charge is 2.42. The van der Waals surface area contributed by atoms with Crippen molar-refractivity contribution in [2.75, 3.05) is 32.0 Å². The molecule has 10 nitrogen and oxygen atoms in total. The molecule has 0 N–H and O–H groups in total. The molecular formula is C24H35N7O3SSi. The third-order valence-corrected chi connectivity index (χ3v) is 10.5. The average Bonchev–Trinajstić information content (AvgIpc) is 3.50. The summed E-state index contributed by atoms with van der Waals surface area (Å²) < 4.78 is 35.9. The molecule has 0 unspecified atom stereocenters. The fourth-order valence-electron chi connectivity index (χ4n) is 4.55. The molecule has 0 aliphatic carbocycles. The molecule has 1 fully saturated rings. The van der Waals surface area contributed by atoms with Crippen LogP contribution in [0.2, 0.25) is 25.7 Å². The Balaban J connectivity index is 1.55. The number of rotatable bonds is 10. The van der Waals surface area contributed by atoms with E-state index in [2.05, 4.69) is 39.6 Å². The van der Waals surface area contributed by atoms with Crippen molar-refractivity contribution < 1.29 is 13.2 Å². The van der Waals surface area contributed by atoms with Crippen molar-refractivity contribution in [2.24, 2.45) is 0 Å². The average molecular weight is 530 g/mol. The van der Waals surface area contributed by atoms with Gasteiger partial charge in [-0.05, 0) is 31.9 Å². The van der Waals surface area contributed by atoms with Gasteiger partial charge in [0.05, 0.1) is 17.6 Å². The molecular weight excluding hydrogens is 494 g/mol. The van der Waals surface area contributed by atoms with Crippen LogP contribution in [-0.4, -0.2) is 77.1 Å². The molecule has 1 saturated heterocycles. The van der Waals surface area contributed by atoms with E-state index in [1.807, 2.05) is 27.7 Å². The van der Waals surface area contributed by atoms with Crippen molar-refractivity contribution in [3.8, 4) is 11.3 Å². The maximum Gasteiger partial charge on any atom is 0.239 e. The first-order chi connectivity index (χ1) is 17.1. The minimum atomic E-state index is -3.25. The Kier molecular flexibility index (Phi) is 7.66. The summed E-state index contributed by atoms with van der Waals surface area (Å²) in [6.07, 6.45) is 8.30. The van der Waals surface area contributed by atoms with Gasteiger partial charge in [0, 0.05) is 51.1 Å². The lowest BCUT2D eigenvalue weighted by atomic mass is 9.88. The maximum absolute atomic E-state index is 12.3. The van der Waals surface area contributed by atoms with E-state index < -0.39 is 23.6 Å².